The van der Waals surface area contributed by atoms with Gasteiger partial charge in [-0.3, -0.25) is 0 Å². The van der Waals surface area contributed by atoms with Crippen molar-refractivity contribution >= 4 is 5.69 Å². The zero-order valence-electron chi connectivity index (χ0n) is 10.1. The number of nitrogens with one attached hydrogen (secondary N) is 1. The molecule has 1 unspecified atom stereocenters. The van der Waals surface area contributed by atoms with Crippen LogP contribution in [0.3, 0.4) is 0 Å². The second kappa shape index (κ2) is 5.24. The Hall–Kier alpha value is -2.47. The fraction of sp³-hybridized carbons (Fsp3) is 0.133. The van der Waals surface area contributed by atoms with Gasteiger partial charge in [0.1, 0.15) is 11.8 Å². The van der Waals surface area contributed by atoms with Gasteiger partial charge in [-0.15, -0.1) is 0 Å². The lowest BCUT2D eigenvalue weighted by atomic mass is 10.1. The zero-order valence-corrected chi connectivity index (χ0v) is 10.1. The third-order valence-corrected chi connectivity index (χ3v) is 2.82. The van der Waals surface area contributed by atoms with E-state index in [1.54, 1.807) is 18.2 Å². The number of benzene rings is 2. The predicted octanol–water partition coefficient (Wildman–Crippen LogP) is 3.44. The number of phenols is 1. The van der Waals surface area contributed by atoms with E-state index in [0.717, 1.165) is 11.3 Å². The standard InChI is InChI=1S/C15H14N2O/c1-11(13-7-3-5-9-15(13)18)17-14-8-4-2-6-12(14)10-16/h2-9,11,17-18H,1H3. The highest BCUT2D eigenvalue weighted by Gasteiger charge is 2.10. The Morgan fingerprint density at radius 3 is 2.50 bits per heavy atom. The molecule has 0 heterocycles. The van der Waals surface area contributed by atoms with E-state index in [0.29, 0.717) is 5.56 Å². The molecule has 2 N–H and O–H groups in total. The van der Waals surface area contributed by atoms with Crippen LogP contribution in [0.5, 0.6) is 5.75 Å². The van der Waals surface area contributed by atoms with Gasteiger partial charge in [0.15, 0.2) is 0 Å². The molecule has 2 aromatic rings. The van der Waals surface area contributed by atoms with E-state index in [4.69, 9.17) is 5.26 Å². The number of hydrogen-bond donors (Lipinski definition) is 2. The molecule has 0 aliphatic rings. The molecule has 0 radical (unpaired) electrons. The van der Waals surface area contributed by atoms with Gasteiger partial charge in [0.25, 0.3) is 0 Å². The smallest absolute Gasteiger partial charge is 0.120 e. The highest BCUT2D eigenvalue weighted by molar-refractivity contribution is 5.58. The van der Waals surface area contributed by atoms with E-state index < -0.39 is 0 Å². The molecule has 90 valence electrons. The van der Waals surface area contributed by atoms with Gasteiger partial charge in [-0.1, -0.05) is 30.3 Å². The van der Waals surface area contributed by atoms with E-state index >= 15 is 0 Å². The Labute approximate surface area is 106 Å². The molecule has 0 spiro atoms. The molecule has 18 heavy (non-hydrogen) atoms. The van der Waals surface area contributed by atoms with Crippen LogP contribution in [0.2, 0.25) is 0 Å². The Kier molecular flexibility index (Phi) is 3.49. The van der Waals surface area contributed by atoms with Crippen molar-refractivity contribution in [1.82, 2.24) is 0 Å². The molecule has 0 bridgehead atoms. The number of para-hydroxylation sites is 2. The van der Waals surface area contributed by atoms with E-state index in [-0.39, 0.29) is 11.8 Å². The highest BCUT2D eigenvalue weighted by atomic mass is 16.3. The first kappa shape index (κ1) is 12.0. The van der Waals surface area contributed by atoms with Crippen molar-refractivity contribution in [3.63, 3.8) is 0 Å². The van der Waals surface area contributed by atoms with Gasteiger partial charge in [-0.25, -0.2) is 0 Å². The molecule has 3 heteroatoms. The van der Waals surface area contributed by atoms with Crippen LogP contribution in [0.25, 0.3) is 0 Å². The normalized spacial score (nSPS) is 11.6. The molecule has 0 saturated heterocycles. The third-order valence-electron chi connectivity index (χ3n) is 2.82. The summed E-state index contributed by atoms with van der Waals surface area (Å²) in [5.74, 6) is 0.256. The molecule has 1 atom stereocenters. The first-order valence-corrected chi connectivity index (χ1v) is 5.76. The molecule has 0 saturated carbocycles. The maximum absolute atomic E-state index is 9.78. The average Bonchev–Trinajstić information content (AvgIpc) is 2.39. The summed E-state index contributed by atoms with van der Waals surface area (Å²) < 4.78 is 0. The Bertz CT molecular complexity index is 587. The number of anilines is 1. The molecular weight excluding hydrogens is 224 g/mol. The van der Waals surface area contributed by atoms with Gasteiger partial charge < -0.3 is 10.4 Å². The number of hydrogen-bond acceptors (Lipinski definition) is 3. The Morgan fingerprint density at radius 2 is 1.78 bits per heavy atom. The molecular formula is C15H14N2O. The SMILES string of the molecule is CC(Nc1ccccc1C#N)c1ccccc1O. The summed E-state index contributed by atoms with van der Waals surface area (Å²) in [7, 11) is 0. The molecule has 0 aromatic heterocycles. The minimum absolute atomic E-state index is 0.0688. The lowest BCUT2D eigenvalue weighted by molar-refractivity contribution is 0.465. The number of nitriles is 1. The van der Waals surface area contributed by atoms with Crippen LogP contribution in [0.4, 0.5) is 5.69 Å². The number of phenolic OH excluding ortho intramolecular Hbond substituents is 1. The maximum atomic E-state index is 9.78. The first-order chi connectivity index (χ1) is 8.72. The molecule has 0 aliphatic heterocycles. The molecule has 2 aromatic carbocycles. The lowest BCUT2D eigenvalue weighted by Gasteiger charge is -2.17. The van der Waals surface area contributed by atoms with Crippen LogP contribution >= 0.6 is 0 Å². The summed E-state index contributed by atoms with van der Waals surface area (Å²) in [4.78, 5) is 0. The van der Waals surface area contributed by atoms with Gasteiger partial charge >= 0.3 is 0 Å². The number of nitrogens with zero attached hydrogens (tertiary/aromatic N) is 1. The van der Waals surface area contributed by atoms with Crippen LogP contribution in [0, 0.1) is 11.3 Å². The Morgan fingerprint density at radius 1 is 1.11 bits per heavy atom. The van der Waals surface area contributed by atoms with Gasteiger partial charge in [0.2, 0.25) is 0 Å². The van der Waals surface area contributed by atoms with Crippen molar-refractivity contribution in [2.75, 3.05) is 5.32 Å². The zero-order chi connectivity index (χ0) is 13.0. The van der Waals surface area contributed by atoms with Crippen molar-refractivity contribution < 1.29 is 5.11 Å². The second-order valence-corrected chi connectivity index (χ2v) is 4.08. The summed E-state index contributed by atoms with van der Waals surface area (Å²) in [5.41, 5.74) is 2.18. The average molecular weight is 238 g/mol. The van der Waals surface area contributed by atoms with Gasteiger partial charge in [0, 0.05) is 5.56 Å². The van der Waals surface area contributed by atoms with E-state index in [9.17, 15) is 5.11 Å². The summed E-state index contributed by atoms with van der Waals surface area (Å²) >= 11 is 0. The van der Waals surface area contributed by atoms with Crippen LogP contribution in [0.15, 0.2) is 48.5 Å². The van der Waals surface area contributed by atoms with Crippen LogP contribution in [-0.4, -0.2) is 5.11 Å². The van der Waals surface area contributed by atoms with Gasteiger partial charge in [0.05, 0.1) is 17.3 Å². The molecule has 0 aliphatic carbocycles. The maximum Gasteiger partial charge on any atom is 0.120 e. The summed E-state index contributed by atoms with van der Waals surface area (Å²) in [6, 6.07) is 16.6. The fourth-order valence-corrected chi connectivity index (χ4v) is 1.87. The van der Waals surface area contributed by atoms with Crippen molar-refractivity contribution in [2.24, 2.45) is 0 Å². The van der Waals surface area contributed by atoms with Crippen molar-refractivity contribution in [3.05, 3.63) is 59.7 Å². The number of rotatable bonds is 3. The molecule has 2 rings (SSSR count). The minimum Gasteiger partial charge on any atom is -0.508 e. The van der Waals surface area contributed by atoms with Crippen molar-refractivity contribution in [1.29, 1.82) is 5.26 Å². The predicted molar refractivity (Wildman–Crippen MR) is 71.3 cm³/mol. The van der Waals surface area contributed by atoms with Crippen LogP contribution < -0.4 is 5.32 Å². The lowest BCUT2D eigenvalue weighted by Crippen LogP contribution is -2.07. The topological polar surface area (TPSA) is 56.0 Å². The largest absolute Gasteiger partial charge is 0.508 e. The quantitative estimate of drug-likeness (QED) is 0.861. The molecule has 3 nitrogen and oxygen atoms in total. The second-order valence-electron chi connectivity index (χ2n) is 4.08. The van der Waals surface area contributed by atoms with Crippen molar-refractivity contribution in [3.8, 4) is 11.8 Å². The molecule has 0 amide bonds. The summed E-state index contributed by atoms with van der Waals surface area (Å²) in [5, 5.41) is 22.0. The van der Waals surface area contributed by atoms with Crippen LogP contribution in [0.1, 0.15) is 24.1 Å². The minimum atomic E-state index is -0.0688. The van der Waals surface area contributed by atoms with Gasteiger partial charge in [-0.05, 0) is 25.1 Å². The summed E-state index contributed by atoms with van der Waals surface area (Å²) in [6.07, 6.45) is 0. The van der Waals surface area contributed by atoms with Crippen LogP contribution in [-0.2, 0) is 0 Å². The van der Waals surface area contributed by atoms with E-state index in [2.05, 4.69) is 11.4 Å². The monoisotopic (exact) mass is 238 g/mol. The molecule has 0 fully saturated rings. The summed E-state index contributed by atoms with van der Waals surface area (Å²) in [6.45, 7) is 1.95. The fourth-order valence-electron chi connectivity index (χ4n) is 1.87. The van der Waals surface area contributed by atoms with E-state index in [1.807, 2.05) is 37.3 Å². The highest BCUT2D eigenvalue weighted by Crippen LogP contribution is 2.27. The van der Waals surface area contributed by atoms with Crippen molar-refractivity contribution in [2.45, 2.75) is 13.0 Å². The Balaban J connectivity index is 2.25. The van der Waals surface area contributed by atoms with E-state index in [1.165, 1.54) is 0 Å². The first-order valence-electron chi connectivity index (χ1n) is 5.76. The van der Waals surface area contributed by atoms with Gasteiger partial charge in [-0.2, -0.15) is 5.26 Å². The number of aromatic hydroxyl groups is 1. The third kappa shape index (κ3) is 2.44.